The largest absolute Gasteiger partial charge is 0.469 e. The monoisotopic (exact) mass is 230 g/mol. The van der Waals surface area contributed by atoms with Gasteiger partial charge >= 0.3 is 5.97 Å². The van der Waals surface area contributed by atoms with Crippen LogP contribution in [-0.2, 0) is 14.3 Å². The van der Waals surface area contributed by atoms with Crippen LogP contribution >= 0.6 is 0 Å². The summed E-state index contributed by atoms with van der Waals surface area (Å²) in [5.41, 5.74) is 0. The topological polar surface area (TPSA) is 58.6 Å². The first kappa shape index (κ1) is 14.9. The van der Waals surface area contributed by atoms with Gasteiger partial charge in [0.2, 0.25) is 5.91 Å². The van der Waals surface area contributed by atoms with Gasteiger partial charge < -0.3 is 15.0 Å². The molecule has 0 rings (SSSR count). The van der Waals surface area contributed by atoms with Crippen molar-refractivity contribution in [2.75, 3.05) is 27.2 Å². The first-order valence-corrected chi connectivity index (χ1v) is 5.43. The highest BCUT2D eigenvalue weighted by atomic mass is 16.5. The fraction of sp³-hybridized carbons (Fsp3) is 0.818. The van der Waals surface area contributed by atoms with E-state index in [1.54, 1.807) is 14.0 Å². The maximum absolute atomic E-state index is 11.6. The van der Waals surface area contributed by atoms with Gasteiger partial charge in [-0.3, -0.25) is 9.59 Å². The molecule has 0 aromatic rings. The summed E-state index contributed by atoms with van der Waals surface area (Å²) in [6.07, 6.45) is 0. The molecule has 5 heteroatoms. The van der Waals surface area contributed by atoms with Crippen molar-refractivity contribution in [1.82, 2.24) is 10.2 Å². The molecule has 0 saturated heterocycles. The SMILES string of the molecule is COC(=O)C(C)CN(C)C(=O)CNC(C)C. The molecular formula is C11H22N2O3. The van der Waals surface area contributed by atoms with Crippen LogP contribution in [0.15, 0.2) is 0 Å². The van der Waals surface area contributed by atoms with Crippen LogP contribution in [0.2, 0.25) is 0 Å². The molecule has 0 aliphatic heterocycles. The lowest BCUT2D eigenvalue weighted by molar-refractivity contribution is -0.146. The van der Waals surface area contributed by atoms with E-state index in [0.29, 0.717) is 13.1 Å². The number of likely N-dealkylation sites (N-methyl/N-ethyl adjacent to an activating group) is 1. The number of amides is 1. The van der Waals surface area contributed by atoms with E-state index in [9.17, 15) is 9.59 Å². The quantitative estimate of drug-likeness (QED) is 0.665. The van der Waals surface area contributed by atoms with Gasteiger partial charge in [0.05, 0.1) is 19.6 Å². The summed E-state index contributed by atoms with van der Waals surface area (Å²) in [5.74, 6) is -0.612. The second-order valence-electron chi connectivity index (χ2n) is 4.23. The van der Waals surface area contributed by atoms with Crippen LogP contribution < -0.4 is 5.32 Å². The van der Waals surface area contributed by atoms with E-state index in [2.05, 4.69) is 10.1 Å². The normalized spacial score (nSPS) is 12.4. The number of ether oxygens (including phenoxy) is 1. The van der Waals surface area contributed by atoms with E-state index in [-0.39, 0.29) is 23.8 Å². The molecule has 0 heterocycles. The Bertz CT molecular complexity index is 241. The van der Waals surface area contributed by atoms with Gasteiger partial charge in [-0.25, -0.2) is 0 Å². The number of nitrogens with zero attached hydrogens (tertiary/aromatic N) is 1. The molecular weight excluding hydrogens is 208 g/mol. The molecule has 0 aliphatic carbocycles. The number of rotatable bonds is 6. The number of nitrogens with one attached hydrogen (secondary N) is 1. The Kier molecular flexibility index (Phi) is 6.72. The van der Waals surface area contributed by atoms with Crippen LogP contribution in [0.5, 0.6) is 0 Å². The molecule has 0 aromatic carbocycles. The smallest absolute Gasteiger partial charge is 0.310 e. The molecule has 0 radical (unpaired) electrons. The van der Waals surface area contributed by atoms with Crippen LogP contribution in [0.3, 0.4) is 0 Å². The highest BCUT2D eigenvalue weighted by Crippen LogP contribution is 2.00. The van der Waals surface area contributed by atoms with E-state index in [4.69, 9.17) is 0 Å². The fourth-order valence-corrected chi connectivity index (χ4v) is 1.21. The number of carbonyl (C=O) groups is 2. The summed E-state index contributed by atoms with van der Waals surface area (Å²) in [7, 11) is 3.03. The minimum atomic E-state index is -0.295. The predicted octanol–water partition coefficient (Wildman–Crippen LogP) is 0.252. The van der Waals surface area contributed by atoms with Crippen LogP contribution in [0.4, 0.5) is 0 Å². The molecule has 0 aliphatic rings. The van der Waals surface area contributed by atoms with E-state index in [1.807, 2.05) is 13.8 Å². The molecule has 1 N–H and O–H groups in total. The van der Waals surface area contributed by atoms with E-state index >= 15 is 0 Å². The zero-order valence-corrected chi connectivity index (χ0v) is 10.7. The number of hydrogen-bond acceptors (Lipinski definition) is 4. The summed E-state index contributed by atoms with van der Waals surface area (Å²) >= 11 is 0. The Morgan fingerprint density at radius 2 is 1.88 bits per heavy atom. The Morgan fingerprint density at radius 1 is 1.31 bits per heavy atom. The van der Waals surface area contributed by atoms with Crippen LogP contribution in [0, 0.1) is 5.92 Å². The van der Waals surface area contributed by atoms with Gasteiger partial charge in [0.25, 0.3) is 0 Å². The summed E-state index contributed by atoms with van der Waals surface area (Å²) in [4.78, 5) is 24.3. The molecule has 1 amide bonds. The van der Waals surface area contributed by atoms with Crippen molar-refractivity contribution in [2.45, 2.75) is 26.8 Å². The molecule has 0 aromatic heterocycles. The van der Waals surface area contributed by atoms with Gasteiger partial charge in [0.1, 0.15) is 0 Å². The van der Waals surface area contributed by atoms with Gasteiger partial charge in [-0.2, -0.15) is 0 Å². The van der Waals surface area contributed by atoms with Crippen molar-refractivity contribution in [2.24, 2.45) is 5.92 Å². The highest BCUT2D eigenvalue weighted by Gasteiger charge is 2.18. The maximum atomic E-state index is 11.6. The van der Waals surface area contributed by atoms with E-state index in [0.717, 1.165) is 0 Å². The molecule has 5 nitrogen and oxygen atoms in total. The van der Waals surface area contributed by atoms with E-state index < -0.39 is 0 Å². The predicted molar refractivity (Wildman–Crippen MR) is 62.0 cm³/mol. The van der Waals surface area contributed by atoms with Gasteiger partial charge in [-0.15, -0.1) is 0 Å². The lowest BCUT2D eigenvalue weighted by atomic mass is 10.2. The minimum absolute atomic E-state index is 0.0237. The van der Waals surface area contributed by atoms with Crippen molar-refractivity contribution in [3.8, 4) is 0 Å². The molecule has 0 bridgehead atoms. The molecule has 0 spiro atoms. The molecule has 1 atom stereocenters. The third-order valence-corrected chi connectivity index (χ3v) is 2.24. The summed E-state index contributed by atoms with van der Waals surface area (Å²) in [5, 5.41) is 3.04. The average molecular weight is 230 g/mol. The third kappa shape index (κ3) is 5.70. The second kappa shape index (κ2) is 7.22. The summed E-state index contributed by atoms with van der Waals surface area (Å²) in [6.45, 7) is 6.37. The van der Waals surface area contributed by atoms with E-state index in [1.165, 1.54) is 12.0 Å². The van der Waals surface area contributed by atoms with Crippen LogP contribution in [-0.4, -0.2) is 50.1 Å². The minimum Gasteiger partial charge on any atom is -0.469 e. The Labute approximate surface area is 97.1 Å². The number of methoxy groups -OCH3 is 1. The number of hydrogen-bond donors (Lipinski definition) is 1. The summed E-state index contributed by atoms with van der Waals surface area (Å²) in [6, 6.07) is 0.274. The van der Waals surface area contributed by atoms with Gasteiger partial charge in [-0.1, -0.05) is 20.8 Å². The number of carbonyl (C=O) groups excluding carboxylic acids is 2. The van der Waals surface area contributed by atoms with Gasteiger partial charge in [-0.05, 0) is 0 Å². The van der Waals surface area contributed by atoms with Crippen LogP contribution in [0.25, 0.3) is 0 Å². The Balaban J connectivity index is 4.00. The second-order valence-corrected chi connectivity index (χ2v) is 4.23. The molecule has 0 saturated carbocycles. The van der Waals surface area contributed by atoms with Crippen molar-refractivity contribution < 1.29 is 14.3 Å². The lowest BCUT2D eigenvalue weighted by Crippen LogP contribution is -2.41. The standard InChI is InChI=1S/C11H22N2O3/c1-8(2)12-6-10(14)13(4)7-9(3)11(15)16-5/h8-9,12H,6-7H2,1-5H3. The molecule has 1 unspecified atom stereocenters. The first-order valence-electron chi connectivity index (χ1n) is 5.43. The Morgan fingerprint density at radius 3 is 2.31 bits per heavy atom. The lowest BCUT2D eigenvalue weighted by Gasteiger charge is -2.21. The molecule has 94 valence electrons. The zero-order valence-electron chi connectivity index (χ0n) is 10.7. The maximum Gasteiger partial charge on any atom is 0.310 e. The Hall–Kier alpha value is -1.10. The fourth-order valence-electron chi connectivity index (χ4n) is 1.21. The molecule has 16 heavy (non-hydrogen) atoms. The highest BCUT2D eigenvalue weighted by molar-refractivity contribution is 5.79. The van der Waals surface area contributed by atoms with Gasteiger partial charge in [0, 0.05) is 19.6 Å². The van der Waals surface area contributed by atoms with Crippen molar-refractivity contribution in [1.29, 1.82) is 0 Å². The van der Waals surface area contributed by atoms with Crippen molar-refractivity contribution >= 4 is 11.9 Å². The van der Waals surface area contributed by atoms with Crippen LogP contribution in [0.1, 0.15) is 20.8 Å². The molecule has 0 fully saturated rings. The zero-order chi connectivity index (χ0) is 12.7. The first-order chi connectivity index (χ1) is 7.38. The average Bonchev–Trinajstić information content (AvgIpc) is 2.24. The van der Waals surface area contributed by atoms with Gasteiger partial charge in [0.15, 0.2) is 0 Å². The van der Waals surface area contributed by atoms with Crippen molar-refractivity contribution in [3.05, 3.63) is 0 Å². The number of esters is 1. The summed E-state index contributed by atoms with van der Waals surface area (Å²) < 4.78 is 4.60. The van der Waals surface area contributed by atoms with Crippen molar-refractivity contribution in [3.63, 3.8) is 0 Å². The third-order valence-electron chi connectivity index (χ3n) is 2.24.